The summed E-state index contributed by atoms with van der Waals surface area (Å²) in [6, 6.07) is 11.1. The number of aromatic nitrogens is 5. The summed E-state index contributed by atoms with van der Waals surface area (Å²) >= 11 is 0. The van der Waals surface area contributed by atoms with E-state index < -0.39 is 0 Å². The second-order valence-corrected chi connectivity index (χ2v) is 10.3. The van der Waals surface area contributed by atoms with Crippen molar-refractivity contribution in [2.75, 3.05) is 41.7 Å². The van der Waals surface area contributed by atoms with Crippen LogP contribution < -0.4 is 15.5 Å². The minimum atomic E-state index is -0.287. The molecular weight excluding hydrogens is 506 g/mol. The highest BCUT2D eigenvalue weighted by atomic mass is 16.2. The summed E-state index contributed by atoms with van der Waals surface area (Å²) in [5, 5.41) is 18.2. The van der Waals surface area contributed by atoms with Crippen LogP contribution in [0, 0.1) is 0 Å². The number of hydrogen-bond donors (Lipinski definition) is 3. The third kappa shape index (κ3) is 5.27. The van der Waals surface area contributed by atoms with Crippen molar-refractivity contribution in [3.63, 3.8) is 0 Å². The molecule has 11 nitrogen and oxygen atoms in total. The van der Waals surface area contributed by atoms with Crippen molar-refractivity contribution < 1.29 is 9.59 Å². The van der Waals surface area contributed by atoms with Crippen LogP contribution in [0.25, 0.3) is 16.8 Å². The number of carbonyl (C=O) groups is 2. The number of benzene rings is 1. The number of H-pyrrole nitrogens is 1. The first-order valence-electron chi connectivity index (χ1n) is 13.8. The zero-order valence-electron chi connectivity index (χ0n) is 22.3. The van der Waals surface area contributed by atoms with Crippen LogP contribution in [-0.2, 0) is 4.79 Å². The van der Waals surface area contributed by atoms with E-state index in [4.69, 9.17) is 10.1 Å². The molecule has 0 radical (unpaired) electrons. The molecule has 6 rings (SSSR count). The van der Waals surface area contributed by atoms with Gasteiger partial charge in [-0.15, -0.1) is 5.10 Å². The minimum Gasteiger partial charge on any atom is -0.356 e. The van der Waals surface area contributed by atoms with Crippen molar-refractivity contribution in [2.24, 2.45) is 0 Å². The van der Waals surface area contributed by atoms with Crippen molar-refractivity contribution in [2.45, 2.75) is 38.1 Å². The maximum atomic E-state index is 13.2. The molecule has 3 aromatic heterocycles. The number of anilines is 3. The summed E-state index contributed by atoms with van der Waals surface area (Å²) in [6.45, 7) is 6.67. The number of nitrogens with one attached hydrogen (secondary N) is 3. The highest BCUT2D eigenvalue weighted by molar-refractivity contribution is 5.99. The number of aromatic amines is 1. The summed E-state index contributed by atoms with van der Waals surface area (Å²) in [5.41, 5.74) is 4.08. The Kier molecular flexibility index (Phi) is 7.17. The van der Waals surface area contributed by atoms with Gasteiger partial charge in [-0.2, -0.15) is 14.6 Å². The maximum absolute atomic E-state index is 13.2. The average Bonchev–Trinajstić information content (AvgIpc) is 3.67. The van der Waals surface area contributed by atoms with Gasteiger partial charge in [-0.25, -0.2) is 0 Å². The lowest BCUT2D eigenvalue weighted by molar-refractivity contribution is -0.111. The molecule has 3 N–H and O–H groups in total. The van der Waals surface area contributed by atoms with E-state index >= 15 is 0 Å². The second kappa shape index (κ2) is 11.2. The summed E-state index contributed by atoms with van der Waals surface area (Å²) in [4.78, 5) is 33.8. The van der Waals surface area contributed by atoms with Crippen molar-refractivity contribution in [1.29, 1.82) is 0 Å². The van der Waals surface area contributed by atoms with E-state index in [1.54, 1.807) is 24.3 Å². The fourth-order valence-corrected chi connectivity index (χ4v) is 5.56. The molecule has 2 saturated heterocycles. The fourth-order valence-electron chi connectivity index (χ4n) is 5.56. The molecule has 11 heteroatoms. The van der Waals surface area contributed by atoms with Crippen molar-refractivity contribution in [1.82, 2.24) is 29.7 Å². The molecule has 0 aliphatic carbocycles. The number of piperidine rings is 2. The molecule has 5 heterocycles. The van der Waals surface area contributed by atoms with Gasteiger partial charge in [0.15, 0.2) is 5.65 Å². The van der Waals surface area contributed by atoms with Crippen LogP contribution in [0.15, 0.2) is 61.4 Å². The van der Waals surface area contributed by atoms with E-state index in [-0.39, 0.29) is 17.9 Å². The van der Waals surface area contributed by atoms with Crippen LogP contribution in [-0.4, -0.2) is 73.7 Å². The Labute approximate surface area is 232 Å². The number of nitrogens with zero attached hydrogens (tertiary/aromatic N) is 6. The van der Waals surface area contributed by atoms with E-state index in [9.17, 15) is 9.59 Å². The van der Waals surface area contributed by atoms with Gasteiger partial charge in [-0.1, -0.05) is 6.58 Å². The molecule has 1 aromatic carbocycles. The molecule has 206 valence electrons. The summed E-state index contributed by atoms with van der Waals surface area (Å²) in [6.07, 6.45) is 10.3. The van der Waals surface area contributed by atoms with Gasteiger partial charge in [-0.05, 0) is 74.6 Å². The number of amides is 2. The molecule has 0 spiro atoms. The van der Waals surface area contributed by atoms with Crippen molar-refractivity contribution >= 4 is 34.9 Å². The SMILES string of the molecule is C=CC(=O)Nc1ccc(C(=O)N2CCCC(Nc3nc4ccc(-c5cn[nH]c5)c(N5CCCCC5)n4n3)C2)cc1. The predicted molar refractivity (Wildman–Crippen MR) is 154 cm³/mol. The van der Waals surface area contributed by atoms with Crippen molar-refractivity contribution in [3.05, 3.63) is 67.0 Å². The topological polar surface area (TPSA) is 124 Å². The van der Waals surface area contributed by atoms with Gasteiger partial charge in [0.25, 0.3) is 5.91 Å². The van der Waals surface area contributed by atoms with E-state index in [0.717, 1.165) is 61.4 Å². The Hall–Kier alpha value is -4.67. The molecule has 0 bridgehead atoms. The smallest absolute Gasteiger partial charge is 0.253 e. The Morgan fingerprint density at radius 3 is 2.60 bits per heavy atom. The standard InChI is InChI=1S/C29H33N9O2/c1-2-26(39)32-22-10-8-20(9-11-22)28(40)37-16-6-7-23(19-37)33-29-34-25-13-12-24(21-17-30-31-18-21)27(38(25)35-29)36-14-4-3-5-15-36/h2,8-13,17-18,23H,1,3-7,14-16,19H2,(H,30,31)(H,32,39)(H,33,35). The highest BCUT2D eigenvalue weighted by Gasteiger charge is 2.26. The molecule has 40 heavy (non-hydrogen) atoms. The van der Waals surface area contributed by atoms with Gasteiger partial charge in [-0.3, -0.25) is 14.7 Å². The van der Waals surface area contributed by atoms with E-state index in [0.29, 0.717) is 30.3 Å². The van der Waals surface area contributed by atoms with E-state index in [1.165, 1.54) is 12.5 Å². The van der Waals surface area contributed by atoms with Gasteiger partial charge in [0.2, 0.25) is 11.9 Å². The van der Waals surface area contributed by atoms with E-state index in [2.05, 4.69) is 38.4 Å². The summed E-state index contributed by atoms with van der Waals surface area (Å²) in [5.74, 6) is 1.27. The molecule has 1 unspecified atom stereocenters. The van der Waals surface area contributed by atoms with Crippen LogP contribution in [0.4, 0.5) is 17.5 Å². The Morgan fingerprint density at radius 2 is 1.85 bits per heavy atom. The van der Waals surface area contributed by atoms with E-state index in [1.807, 2.05) is 27.9 Å². The maximum Gasteiger partial charge on any atom is 0.253 e. The monoisotopic (exact) mass is 539 g/mol. The zero-order valence-corrected chi connectivity index (χ0v) is 22.3. The number of carbonyl (C=O) groups excluding carboxylic acids is 2. The van der Waals surface area contributed by atoms with Crippen LogP contribution in [0.3, 0.4) is 0 Å². The second-order valence-electron chi connectivity index (χ2n) is 10.3. The number of rotatable bonds is 7. The molecule has 4 aromatic rings. The molecule has 2 aliphatic rings. The predicted octanol–water partition coefficient (Wildman–Crippen LogP) is 3.95. The first-order valence-corrected chi connectivity index (χ1v) is 13.8. The zero-order chi connectivity index (χ0) is 27.5. The number of pyridine rings is 1. The van der Waals surface area contributed by atoms with Crippen LogP contribution >= 0.6 is 0 Å². The minimum absolute atomic E-state index is 0.0341. The van der Waals surface area contributed by atoms with Crippen LogP contribution in [0.2, 0.25) is 0 Å². The van der Waals surface area contributed by atoms with Gasteiger partial charge < -0.3 is 20.4 Å². The van der Waals surface area contributed by atoms with Crippen molar-refractivity contribution in [3.8, 4) is 11.1 Å². The van der Waals surface area contributed by atoms with Gasteiger partial charge in [0, 0.05) is 60.8 Å². The molecular formula is C29H33N9O2. The van der Waals surface area contributed by atoms with Gasteiger partial charge in [0.1, 0.15) is 5.82 Å². The first kappa shape index (κ1) is 25.6. The number of likely N-dealkylation sites (tertiary alicyclic amines) is 1. The molecule has 2 amide bonds. The third-order valence-electron chi connectivity index (χ3n) is 7.56. The molecule has 2 fully saturated rings. The number of fused-ring (bicyclic) bond motifs is 1. The Bertz CT molecular complexity index is 1500. The lowest BCUT2D eigenvalue weighted by Gasteiger charge is -2.33. The quantitative estimate of drug-likeness (QED) is 0.304. The number of hydrogen-bond acceptors (Lipinski definition) is 7. The Morgan fingerprint density at radius 1 is 1.02 bits per heavy atom. The normalized spacial score (nSPS) is 17.6. The summed E-state index contributed by atoms with van der Waals surface area (Å²) < 4.78 is 1.94. The first-order chi connectivity index (χ1) is 19.6. The molecule has 0 saturated carbocycles. The van der Waals surface area contributed by atoms with Crippen LogP contribution in [0.1, 0.15) is 42.5 Å². The largest absolute Gasteiger partial charge is 0.356 e. The third-order valence-corrected chi connectivity index (χ3v) is 7.56. The fraction of sp³-hybridized carbons (Fsp3) is 0.345. The Balaban J connectivity index is 1.19. The van der Waals surface area contributed by atoms with Crippen LogP contribution in [0.5, 0.6) is 0 Å². The lowest BCUT2D eigenvalue weighted by atomic mass is 10.0. The van der Waals surface area contributed by atoms with Gasteiger partial charge in [0.05, 0.1) is 6.20 Å². The highest BCUT2D eigenvalue weighted by Crippen LogP contribution is 2.33. The molecule has 2 aliphatic heterocycles. The average molecular weight is 540 g/mol. The lowest BCUT2D eigenvalue weighted by Crippen LogP contribution is -2.45. The molecule has 1 atom stereocenters. The summed E-state index contributed by atoms with van der Waals surface area (Å²) in [7, 11) is 0. The van der Waals surface area contributed by atoms with Gasteiger partial charge >= 0.3 is 0 Å².